The average Bonchev–Trinajstić information content (AvgIpc) is 3.61. The van der Waals surface area contributed by atoms with E-state index in [1.54, 1.807) is 34.2 Å². The van der Waals surface area contributed by atoms with Crippen LogP contribution in [-0.4, -0.2) is 50.1 Å². The molecular formula is C27H26F2N6O3S2. The molecule has 208 valence electrons. The van der Waals surface area contributed by atoms with Crippen LogP contribution >= 0.6 is 11.3 Å². The van der Waals surface area contributed by atoms with Crippen LogP contribution in [0.1, 0.15) is 30.1 Å². The maximum atomic E-state index is 15.3. The Bertz CT molecular complexity index is 1650. The smallest absolute Gasteiger partial charge is 0.325 e. The van der Waals surface area contributed by atoms with Gasteiger partial charge in [0.2, 0.25) is 5.91 Å². The molecule has 0 radical (unpaired) electrons. The second kappa shape index (κ2) is 10.3. The van der Waals surface area contributed by atoms with Gasteiger partial charge in [0.05, 0.1) is 32.5 Å². The zero-order valence-electron chi connectivity index (χ0n) is 21.4. The van der Waals surface area contributed by atoms with Crippen LogP contribution in [-0.2, 0) is 21.5 Å². The average molecular weight is 585 g/mol. The molecule has 4 aromatic rings. The first-order valence-electron chi connectivity index (χ1n) is 12.7. The van der Waals surface area contributed by atoms with Gasteiger partial charge in [-0.15, -0.1) is 11.3 Å². The number of nitrogens with zero attached hydrogens (tertiary/aromatic N) is 4. The Balaban J connectivity index is 1.49. The first-order valence-corrected chi connectivity index (χ1v) is 15.2. The van der Waals surface area contributed by atoms with E-state index in [4.69, 9.17) is 0 Å². The lowest BCUT2D eigenvalue weighted by molar-refractivity contribution is -0.120. The number of amides is 3. The first-order chi connectivity index (χ1) is 19.2. The van der Waals surface area contributed by atoms with Crippen LogP contribution < -0.4 is 14.9 Å². The number of thiazole rings is 1. The van der Waals surface area contributed by atoms with Gasteiger partial charge in [0.25, 0.3) is 0 Å². The highest BCUT2D eigenvalue weighted by Crippen LogP contribution is 2.44. The number of likely N-dealkylation sites (N-methyl/N-ethyl adjacent to an activating group) is 1. The zero-order chi connectivity index (χ0) is 28.0. The molecule has 9 nitrogen and oxygen atoms in total. The van der Waals surface area contributed by atoms with E-state index in [9.17, 15) is 18.4 Å². The summed E-state index contributed by atoms with van der Waals surface area (Å²) in [6, 6.07) is 9.60. The van der Waals surface area contributed by atoms with Gasteiger partial charge in [-0.3, -0.25) is 14.5 Å². The molecular weight excluding hydrogens is 558 g/mol. The Labute approximate surface area is 233 Å². The van der Waals surface area contributed by atoms with Crippen LogP contribution in [0.4, 0.5) is 19.3 Å². The van der Waals surface area contributed by atoms with Crippen molar-refractivity contribution in [2.75, 3.05) is 18.5 Å². The number of urea groups is 1. The molecule has 1 saturated heterocycles. The number of rotatable bonds is 4. The lowest BCUT2D eigenvalue weighted by Gasteiger charge is -2.39. The molecule has 2 aromatic carbocycles. The predicted molar refractivity (Wildman–Crippen MR) is 149 cm³/mol. The molecule has 1 fully saturated rings. The van der Waals surface area contributed by atoms with Crippen molar-refractivity contribution in [2.45, 2.75) is 36.2 Å². The predicted octanol–water partition coefficient (Wildman–Crippen LogP) is 3.90. The summed E-state index contributed by atoms with van der Waals surface area (Å²) in [5, 5.41) is 2.62. The molecule has 2 aromatic heterocycles. The monoisotopic (exact) mass is 584 g/mol. The van der Waals surface area contributed by atoms with E-state index in [-0.39, 0.29) is 22.9 Å². The highest BCUT2D eigenvalue weighted by atomic mass is 32.3. The van der Waals surface area contributed by atoms with Crippen molar-refractivity contribution in [1.82, 2.24) is 24.3 Å². The van der Waals surface area contributed by atoms with E-state index in [1.807, 2.05) is 12.1 Å². The first kappa shape index (κ1) is 26.4. The second-order valence-corrected chi connectivity index (χ2v) is 13.0. The van der Waals surface area contributed by atoms with Crippen LogP contribution in [0.15, 0.2) is 65.1 Å². The quantitative estimate of drug-likeness (QED) is 0.316. The minimum Gasteiger partial charge on any atom is -0.325 e. The Morgan fingerprint density at radius 2 is 1.90 bits per heavy atom. The zero-order valence-corrected chi connectivity index (χ0v) is 23.1. The molecule has 3 amide bonds. The van der Waals surface area contributed by atoms with Crippen molar-refractivity contribution in [3.8, 4) is 0 Å². The number of anilines is 1. The fraction of sp³-hybridized carbons (Fsp3) is 0.259. The molecule has 0 aliphatic carbocycles. The number of carbonyl (C=O) groups is 2. The van der Waals surface area contributed by atoms with E-state index in [0.717, 1.165) is 35.0 Å². The third-order valence-electron chi connectivity index (χ3n) is 7.28. The molecule has 2 N–H and O–H groups in total. The number of nitrogens with one attached hydrogen (secondary N) is 2. The molecule has 4 heterocycles. The third kappa shape index (κ3) is 4.63. The Morgan fingerprint density at radius 3 is 2.65 bits per heavy atom. The van der Waals surface area contributed by atoms with Crippen LogP contribution in [0.3, 0.4) is 0 Å². The fourth-order valence-corrected chi connectivity index (χ4v) is 9.18. The van der Waals surface area contributed by atoms with E-state index in [0.29, 0.717) is 24.2 Å². The molecule has 0 spiro atoms. The minimum absolute atomic E-state index is 0.176. The minimum atomic E-state index is -3.97. The number of hydrogen-bond donors (Lipinski definition) is 3. The lowest BCUT2D eigenvalue weighted by Crippen LogP contribution is -2.55. The molecule has 2 aliphatic heterocycles. The van der Waals surface area contributed by atoms with Gasteiger partial charge < -0.3 is 10.2 Å². The highest BCUT2D eigenvalue weighted by molar-refractivity contribution is 8.00. The highest BCUT2D eigenvalue weighted by Gasteiger charge is 2.43. The summed E-state index contributed by atoms with van der Waals surface area (Å²) in [6.07, 6.45) is 2.89. The summed E-state index contributed by atoms with van der Waals surface area (Å²) < 4.78 is 48.4. The Hall–Kier alpha value is -3.81. The van der Waals surface area contributed by atoms with Crippen molar-refractivity contribution >= 4 is 49.5 Å². The summed E-state index contributed by atoms with van der Waals surface area (Å²) in [5.41, 5.74) is 3.31. The van der Waals surface area contributed by atoms with E-state index < -0.39 is 39.9 Å². The van der Waals surface area contributed by atoms with E-state index >= 15 is 4.21 Å². The van der Waals surface area contributed by atoms with Gasteiger partial charge in [-0.1, -0.05) is 6.07 Å². The van der Waals surface area contributed by atoms with Gasteiger partial charge in [0.15, 0.2) is 0 Å². The number of thiol groups is 1. The number of benzene rings is 2. The normalized spacial score (nSPS) is 22.1. The van der Waals surface area contributed by atoms with Gasteiger partial charge in [-0.2, -0.15) is 0 Å². The third-order valence-corrected chi connectivity index (χ3v) is 10.8. The molecule has 1 unspecified atom stereocenters. The van der Waals surface area contributed by atoms with Crippen LogP contribution in [0.2, 0.25) is 0 Å². The van der Waals surface area contributed by atoms with Crippen LogP contribution in [0, 0.1) is 11.6 Å². The van der Waals surface area contributed by atoms with Gasteiger partial charge in [0, 0.05) is 42.6 Å². The molecule has 2 atom stereocenters. The van der Waals surface area contributed by atoms with Gasteiger partial charge in [-0.25, -0.2) is 27.1 Å². The van der Waals surface area contributed by atoms with Crippen molar-refractivity contribution in [2.24, 2.45) is 0 Å². The SMILES string of the molecule is CN1C(=O)[C@H](Cc2cc(F)cc(F)c2)NC(=O)N[SH](=O)(N2CCCC2c2ccccn2)c2c1ccc1scnc21. The fourth-order valence-electron chi connectivity index (χ4n) is 5.53. The van der Waals surface area contributed by atoms with Crippen molar-refractivity contribution < 1.29 is 22.6 Å². The molecule has 13 heteroatoms. The summed E-state index contributed by atoms with van der Waals surface area (Å²) in [6.45, 7) is 0.419. The summed E-state index contributed by atoms with van der Waals surface area (Å²) in [5.74, 6) is -2.12. The maximum absolute atomic E-state index is 15.3. The number of pyridine rings is 1. The van der Waals surface area contributed by atoms with Crippen molar-refractivity contribution in [3.05, 3.63) is 83.1 Å². The van der Waals surface area contributed by atoms with Gasteiger partial charge >= 0.3 is 6.03 Å². The standard InChI is InChI=1S/C27H26F2N6O3S2/c1-34-22-7-8-23-24(31-15-39-23)25(22)40(38,35-10-4-6-21(35)19-5-2-3-9-30-19)33-27(37)32-20(26(34)36)13-16-11-17(28)14-18(29)12-16/h2-3,5,7-9,11-12,14-15,20-21,40H,4,6,10,13H2,1H3,(H2,32,33,37,38)/t20-,21?/m0/s1. The molecule has 0 saturated carbocycles. The largest absolute Gasteiger partial charge is 0.326 e. The molecule has 40 heavy (non-hydrogen) atoms. The molecule has 0 bridgehead atoms. The number of aromatic nitrogens is 2. The van der Waals surface area contributed by atoms with Crippen LogP contribution in [0.5, 0.6) is 0 Å². The van der Waals surface area contributed by atoms with Crippen LogP contribution in [0.25, 0.3) is 10.2 Å². The summed E-state index contributed by atoms with van der Waals surface area (Å²) in [4.78, 5) is 37.9. The molecule has 2 aliphatic rings. The number of halogens is 2. The second-order valence-electron chi connectivity index (χ2n) is 9.80. The molecule has 6 rings (SSSR count). The Morgan fingerprint density at radius 1 is 1.10 bits per heavy atom. The number of hydrogen-bond acceptors (Lipinski definition) is 6. The van der Waals surface area contributed by atoms with Crippen molar-refractivity contribution in [3.63, 3.8) is 0 Å². The topological polar surface area (TPSA) is 108 Å². The van der Waals surface area contributed by atoms with E-state index in [2.05, 4.69) is 20.0 Å². The number of carbonyl (C=O) groups excluding carboxylic acids is 2. The summed E-state index contributed by atoms with van der Waals surface area (Å²) in [7, 11) is -2.44. The summed E-state index contributed by atoms with van der Waals surface area (Å²) >= 11 is 1.36. The van der Waals surface area contributed by atoms with Gasteiger partial charge in [0.1, 0.15) is 23.2 Å². The number of fused-ring (bicyclic) bond motifs is 3. The lowest BCUT2D eigenvalue weighted by atomic mass is 10.0. The van der Waals surface area contributed by atoms with E-state index in [1.165, 1.54) is 23.3 Å². The van der Waals surface area contributed by atoms with Crippen molar-refractivity contribution in [1.29, 1.82) is 0 Å². The Kier molecular flexibility index (Phi) is 6.80. The van der Waals surface area contributed by atoms with Gasteiger partial charge in [-0.05, 0) is 54.8 Å². The maximum Gasteiger partial charge on any atom is 0.326 e.